The van der Waals surface area contributed by atoms with Gasteiger partial charge in [0.05, 0.1) is 18.4 Å². The molecule has 0 saturated heterocycles. The Morgan fingerprint density at radius 3 is 2.97 bits per heavy atom. The standard InChI is InChI=1S/C21H21N7O2/c1-12(24-19-11-22-17-10-23-28(2)20(17)26-19)14-4-3-5-15(8-14)25-21(29)16-9-18(30-27-16)13-6-7-13/h3-5,8-13H,6-7H2,1-2H3,(H,24,26)(H,25,29)/t12-/m0/s1. The second kappa shape index (κ2) is 7.25. The molecule has 2 N–H and O–H groups in total. The summed E-state index contributed by atoms with van der Waals surface area (Å²) in [6.07, 6.45) is 5.57. The fourth-order valence-electron chi connectivity index (χ4n) is 3.33. The third-order valence-electron chi connectivity index (χ3n) is 5.19. The predicted octanol–water partition coefficient (Wildman–Crippen LogP) is 3.65. The maximum Gasteiger partial charge on any atom is 0.277 e. The molecule has 1 amide bonds. The van der Waals surface area contributed by atoms with Crippen LogP contribution in [0.5, 0.6) is 0 Å². The van der Waals surface area contributed by atoms with Crippen molar-refractivity contribution >= 4 is 28.6 Å². The quantitative estimate of drug-likeness (QED) is 0.505. The Bertz CT molecular complexity index is 1230. The van der Waals surface area contributed by atoms with Gasteiger partial charge >= 0.3 is 0 Å². The van der Waals surface area contributed by atoms with E-state index in [9.17, 15) is 4.79 Å². The van der Waals surface area contributed by atoms with E-state index in [1.165, 1.54) is 0 Å². The van der Waals surface area contributed by atoms with E-state index < -0.39 is 0 Å². The normalized spacial score (nSPS) is 14.6. The van der Waals surface area contributed by atoms with Crippen molar-refractivity contribution < 1.29 is 9.32 Å². The lowest BCUT2D eigenvalue weighted by molar-refractivity contribution is 0.101. The molecule has 1 atom stereocenters. The topological polar surface area (TPSA) is 111 Å². The molecule has 3 heterocycles. The van der Waals surface area contributed by atoms with Crippen LogP contribution in [-0.4, -0.2) is 30.8 Å². The van der Waals surface area contributed by atoms with E-state index in [1.54, 1.807) is 23.1 Å². The van der Waals surface area contributed by atoms with Crippen molar-refractivity contribution in [3.05, 3.63) is 59.7 Å². The number of aromatic nitrogens is 5. The number of nitrogens with zero attached hydrogens (tertiary/aromatic N) is 5. The van der Waals surface area contributed by atoms with Gasteiger partial charge in [-0.1, -0.05) is 17.3 Å². The van der Waals surface area contributed by atoms with Gasteiger partial charge in [-0.25, -0.2) is 14.6 Å². The summed E-state index contributed by atoms with van der Waals surface area (Å²) in [6.45, 7) is 2.02. The average molecular weight is 403 g/mol. The highest BCUT2D eigenvalue weighted by molar-refractivity contribution is 6.02. The van der Waals surface area contributed by atoms with E-state index in [-0.39, 0.29) is 11.9 Å². The molecule has 30 heavy (non-hydrogen) atoms. The highest BCUT2D eigenvalue weighted by atomic mass is 16.5. The van der Waals surface area contributed by atoms with E-state index in [0.717, 1.165) is 29.7 Å². The molecule has 1 aromatic carbocycles. The number of nitrogens with one attached hydrogen (secondary N) is 2. The van der Waals surface area contributed by atoms with Crippen LogP contribution < -0.4 is 10.6 Å². The second-order valence-corrected chi connectivity index (χ2v) is 7.57. The summed E-state index contributed by atoms with van der Waals surface area (Å²) in [7, 11) is 1.83. The number of amides is 1. The Balaban J connectivity index is 1.29. The first-order valence-corrected chi connectivity index (χ1v) is 9.86. The molecule has 3 aromatic heterocycles. The Labute approximate surface area is 172 Å². The van der Waals surface area contributed by atoms with Crippen LogP contribution in [0, 0.1) is 0 Å². The lowest BCUT2D eigenvalue weighted by atomic mass is 10.1. The van der Waals surface area contributed by atoms with Crippen molar-refractivity contribution in [3.8, 4) is 0 Å². The van der Waals surface area contributed by atoms with E-state index >= 15 is 0 Å². The van der Waals surface area contributed by atoms with Crippen molar-refractivity contribution in [2.45, 2.75) is 31.7 Å². The monoisotopic (exact) mass is 403 g/mol. The van der Waals surface area contributed by atoms with Crippen molar-refractivity contribution in [2.24, 2.45) is 7.05 Å². The van der Waals surface area contributed by atoms with Crippen LogP contribution in [0.15, 0.2) is 47.2 Å². The van der Waals surface area contributed by atoms with Gasteiger partial charge in [-0.05, 0) is 37.5 Å². The minimum Gasteiger partial charge on any atom is -0.362 e. The average Bonchev–Trinajstić information content (AvgIpc) is 3.36. The Morgan fingerprint density at radius 1 is 1.27 bits per heavy atom. The number of hydrogen-bond donors (Lipinski definition) is 2. The van der Waals surface area contributed by atoms with Gasteiger partial charge in [-0.3, -0.25) is 4.79 Å². The van der Waals surface area contributed by atoms with Crippen LogP contribution in [0.25, 0.3) is 11.2 Å². The first-order valence-electron chi connectivity index (χ1n) is 9.86. The second-order valence-electron chi connectivity index (χ2n) is 7.57. The first-order chi connectivity index (χ1) is 14.6. The fourth-order valence-corrected chi connectivity index (χ4v) is 3.33. The van der Waals surface area contributed by atoms with Gasteiger partial charge in [-0.2, -0.15) is 5.10 Å². The molecule has 1 aliphatic carbocycles. The molecule has 0 spiro atoms. The molecule has 0 unspecified atom stereocenters. The van der Waals surface area contributed by atoms with E-state index in [2.05, 4.69) is 30.9 Å². The zero-order valence-corrected chi connectivity index (χ0v) is 16.7. The predicted molar refractivity (Wildman–Crippen MR) is 111 cm³/mol. The number of aryl methyl sites for hydroxylation is 1. The Kier molecular flexibility index (Phi) is 4.42. The number of rotatable bonds is 6. The molecular weight excluding hydrogens is 382 g/mol. The van der Waals surface area contributed by atoms with Gasteiger partial charge in [0.25, 0.3) is 5.91 Å². The summed E-state index contributed by atoms with van der Waals surface area (Å²) >= 11 is 0. The van der Waals surface area contributed by atoms with Gasteiger partial charge in [-0.15, -0.1) is 0 Å². The maximum absolute atomic E-state index is 12.5. The molecule has 0 aliphatic heterocycles. The number of benzene rings is 1. The zero-order valence-electron chi connectivity index (χ0n) is 16.7. The number of hydrogen-bond acceptors (Lipinski definition) is 7. The summed E-state index contributed by atoms with van der Waals surface area (Å²) in [4.78, 5) is 21.4. The lowest BCUT2D eigenvalue weighted by Crippen LogP contribution is -2.13. The SMILES string of the molecule is C[C@H](Nc1cnc2cnn(C)c2n1)c1cccc(NC(=O)c2cc(C3CC3)on2)c1. The molecule has 5 rings (SSSR count). The van der Waals surface area contributed by atoms with Crippen LogP contribution in [0.2, 0.25) is 0 Å². The number of carbonyl (C=O) groups is 1. The van der Waals surface area contributed by atoms with Crippen LogP contribution in [0.3, 0.4) is 0 Å². The minimum atomic E-state index is -0.282. The van der Waals surface area contributed by atoms with Gasteiger partial charge in [0.1, 0.15) is 17.1 Å². The highest BCUT2D eigenvalue weighted by Gasteiger charge is 2.28. The first kappa shape index (κ1) is 18.3. The molecule has 1 fully saturated rings. The van der Waals surface area contributed by atoms with Gasteiger partial charge in [0.15, 0.2) is 11.3 Å². The number of anilines is 2. The van der Waals surface area contributed by atoms with Crippen LogP contribution in [0.1, 0.15) is 53.5 Å². The van der Waals surface area contributed by atoms with Gasteiger partial charge in [0, 0.05) is 24.7 Å². The van der Waals surface area contributed by atoms with Gasteiger partial charge < -0.3 is 15.2 Å². The highest BCUT2D eigenvalue weighted by Crippen LogP contribution is 2.40. The third-order valence-corrected chi connectivity index (χ3v) is 5.19. The smallest absolute Gasteiger partial charge is 0.277 e. The lowest BCUT2D eigenvalue weighted by Gasteiger charge is -2.16. The molecule has 152 valence electrons. The van der Waals surface area contributed by atoms with Crippen LogP contribution in [-0.2, 0) is 7.05 Å². The molecule has 9 nitrogen and oxygen atoms in total. The van der Waals surface area contributed by atoms with E-state index in [1.807, 2.05) is 38.2 Å². The largest absolute Gasteiger partial charge is 0.362 e. The minimum absolute atomic E-state index is 0.0460. The number of carbonyl (C=O) groups excluding carboxylic acids is 1. The summed E-state index contributed by atoms with van der Waals surface area (Å²) in [5.41, 5.74) is 3.45. The van der Waals surface area contributed by atoms with Crippen LogP contribution >= 0.6 is 0 Å². The molecule has 0 bridgehead atoms. The molecule has 9 heteroatoms. The van der Waals surface area contributed by atoms with E-state index in [0.29, 0.717) is 28.8 Å². The summed E-state index contributed by atoms with van der Waals surface area (Å²) in [5.74, 6) is 1.58. The Morgan fingerprint density at radius 2 is 2.13 bits per heavy atom. The van der Waals surface area contributed by atoms with Crippen molar-refractivity contribution in [3.63, 3.8) is 0 Å². The molecule has 4 aromatic rings. The van der Waals surface area contributed by atoms with Crippen molar-refractivity contribution in [1.82, 2.24) is 24.9 Å². The Hall–Kier alpha value is -3.75. The van der Waals surface area contributed by atoms with E-state index in [4.69, 9.17) is 4.52 Å². The zero-order chi connectivity index (χ0) is 20.7. The molecule has 0 radical (unpaired) electrons. The number of fused-ring (bicyclic) bond motifs is 1. The summed E-state index contributed by atoms with van der Waals surface area (Å²) < 4.78 is 6.96. The summed E-state index contributed by atoms with van der Waals surface area (Å²) in [5, 5.41) is 14.3. The van der Waals surface area contributed by atoms with Crippen molar-refractivity contribution in [2.75, 3.05) is 10.6 Å². The maximum atomic E-state index is 12.5. The van der Waals surface area contributed by atoms with Gasteiger partial charge in [0.2, 0.25) is 0 Å². The van der Waals surface area contributed by atoms with Crippen LogP contribution in [0.4, 0.5) is 11.5 Å². The fraction of sp³-hybridized carbons (Fsp3) is 0.286. The molecule has 1 aliphatic rings. The third kappa shape index (κ3) is 3.61. The molecular formula is C21H21N7O2. The molecule has 1 saturated carbocycles. The van der Waals surface area contributed by atoms with Crippen molar-refractivity contribution in [1.29, 1.82) is 0 Å². The summed E-state index contributed by atoms with van der Waals surface area (Å²) in [6, 6.07) is 9.34.